The monoisotopic (exact) mass is 237 g/mol. The SMILES string of the molecule is CN1CCC(OC(=O)c2cc(N)cn2C)CC1. The molecule has 0 atom stereocenters. The molecule has 1 saturated heterocycles. The number of nitrogen functional groups attached to an aromatic ring is 1. The lowest BCUT2D eigenvalue weighted by atomic mass is 10.1. The molecule has 2 rings (SSSR count). The van der Waals surface area contributed by atoms with Crippen molar-refractivity contribution in [3.63, 3.8) is 0 Å². The van der Waals surface area contributed by atoms with Crippen LogP contribution in [0, 0.1) is 0 Å². The van der Waals surface area contributed by atoms with Crippen molar-refractivity contribution in [3.8, 4) is 0 Å². The van der Waals surface area contributed by atoms with E-state index >= 15 is 0 Å². The summed E-state index contributed by atoms with van der Waals surface area (Å²) in [6.07, 6.45) is 3.56. The van der Waals surface area contributed by atoms with Crippen molar-refractivity contribution in [2.24, 2.45) is 7.05 Å². The van der Waals surface area contributed by atoms with E-state index in [2.05, 4.69) is 11.9 Å². The second-order valence-electron chi connectivity index (χ2n) is 4.68. The van der Waals surface area contributed by atoms with Crippen LogP contribution in [0.25, 0.3) is 0 Å². The van der Waals surface area contributed by atoms with Gasteiger partial charge in [0.1, 0.15) is 11.8 Å². The van der Waals surface area contributed by atoms with Crippen LogP contribution in [0.1, 0.15) is 23.3 Å². The van der Waals surface area contributed by atoms with Gasteiger partial charge in [0.25, 0.3) is 0 Å². The van der Waals surface area contributed by atoms with E-state index in [1.807, 2.05) is 0 Å². The molecule has 0 amide bonds. The minimum Gasteiger partial charge on any atom is -0.458 e. The second-order valence-corrected chi connectivity index (χ2v) is 4.68. The first-order chi connectivity index (χ1) is 8.06. The lowest BCUT2D eigenvalue weighted by molar-refractivity contribution is 0.0129. The summed E-state index contributed by atoms with van der Waals surface area (Å²) in [6, 6.07) is 1.65. The quantitative estimate of drug-likeness (QED) is 0.775. The van der Waals surface area contributed by atoms with Crippen LogP contribution in [0.2, 0.25) is 0 Å². The average molecular weight is 237 g/mol. The number of anilines is 1. The number of likely N-dealkylation sites (tertiary alicyclic amines) is 1. The third-order valence-corrected chi connectivity index (χ3v) is 3.17. The summed E-state index contributed by atoms with van der Waals surface area (Å²) in [6.45, 7) is 1.96. The predicted octanol–water partition coefficient (Wildman–Crippen LogP) is 0.858. The van der Waals surface area contributed by atoms with E-state index in [0.717, 1.165) is 25.9 Å². The number of esters is 1. The molecule has 1 aromatic heterocycles. The molecule has 0 bridgehead atoms. The Morgan fingerprint density at radius 2 is 2.06 bits per heavy atom. The minimum absolute atomic E-state index is 0.0369. The number of hydrogen-bond donors (Lipinski definition) is 1. The van der Waals surface area contributed by atoms with Gasteiger partial charge in [0.05, 0.1) is 5.69 Å². The van der Waals surface area contributed by atoms with E-state index in [1.165, 1.54) is 0 Å². The second kappa shape index (κ2) is 4.79. The molecule has 1 fully saturated rings. The van der Waals surface area contributed by atoms with Crippen LogP contribution in [-0.2, 0) is 11.8 Å². The fraction of sp³-hybridized carbons (Fsp3) is 0.583. The maximum atomic E-state index is 11.9. The van der Waals surface area contributed by atoms with E-state index in [-0.39, 0.29) is 12.1 Å². The molecule has 5 nitrogen and oxygen atoms in total. The van der Waals surface area contributed by atoms with Crippen LogP contribution >= 0.6 is 0 Å². The molecular weight excluding hydrogens is 218 g/mol. The molecule has 0 spiro atoms. The van der Waals surface area contributed by atoms with Gasteiger partial charge in [-0.1, -0.05) is 0 Å². The lowest BCUT2D eigenvalue weighted by Crippen LogP contribution is -2.35. The highest BCUT2D eigenvalue weighted by atomic mass is 16.5. The molecule has 0 unspecified atom stereocenters. The van der Waals surface area contributed by atoms with Gasteiger partial charge in [-0.15, -0.1) is 0 Å². The van der Waals surface area contributed by atoms with Crippen LogP contribution in [0.4, 0.5) is 5.69 Å². The topological polar surface area (TPSA) is 60.5 Å². The largest absolute Gasteiger partial charge is 0.458 e. The Morgan fingerprint density at radius 1 is 1.41 bits per heavy atom. The van der Waals surface area contributed by atoms with Crippen molar-refractivity contribution in [2.45, 2.75) is 18.9 Å². The normalized spacial score (nSPS) is 18.2. The fourth-order valence-corrected chi connectivity index (χ4v) is 2.11. The predicted molar refractivity (Wildman–Crippen MR) is 65.8 cm³/mol. The molecule has 94 valence electrons. The van der Waals surface area contributed by atoms with E-state index in [4.69, 9.17) is 10.5 Å². The highest BCUT2D eigenvalue weighted by Gasteiger charge is 2.22. The van der Waals surface area contributed by atoms with E-state index in [0.29, 0.717) is 11.4 Å². The van der Waals surface area contributed by atoms with Crippen LogP contribution in [0.15, 0.2) is 12.3 Å². The van der Waals surface area contributed by atoms with Crippen molar-refractivity contribution in [1.29, 1.82) is 0 Å². The van der Waals surface area contributed by atoms with Crippen molar-refractivity contribution in [2.75, 3.05) is 25.9 Å². The molecule has 0 radical (unpaired) electrons. The van der Waals surface area contributed by atoms with Crippen LogP contribution in [-0.4, -0.2) is 41.7 Å². The molecule has 2 N–H and O–H groups in total. The van der Waals surface area contributed by atoms with Gasteiger partial charge < -0.3 is 19.9 Å². The number of rotatable bonds is 2. The standard InChI is InChI=1S/C12H19N3O2/c1-14-5-3-10(4-6-14)17-12(16)11-7-9(13)8-15(11)2/h7-8,10H,3-6,13H2,1-2H3. The van der Waals surface area contributed by atoms with Gasteiger partial charge in [-0.2, -0.15) is 0 Å². The summed E-state index contributed by atoms with van der Waals surface area (Å²) in [5.41, 5.74) is 6.73. The maximum absolute atomic E-state index is 11.9. The first kappa shape index (κ1) is 12.0. The Labute approximate surface area is 101 Å². The van der Waals surface area contributed by atoms with E-state index in [9.17, 15) is 4.79 Å². The molecule has 2 heterocycles. The number of aryl methyl sites for hydroxylation is 1. The summed E-state index contributed by atoms with van der Waals surface area (Å²) in [7, 11) is 3.87. The van der Waals surface area contributed by atoms with E-state index < -0.39 is 0 Å². The zero-order valence-electron chi connectivity index (χ0n) is 10.3. The van der Waals surface area contributed by atoms with E-state index in [1.54, 1.807) is 23.9 Å². The van der Waals surface area contributed by atoms with Crippen molar-refractivity contribution >= 4 is 11.7 Å². The third-order valence-electron chi connectivity index (χ3n) is 3.17. The number of carbonyl (C=O) groups excluding carboxylic acids is 1. The van der Waals surface area contributed by atoms with Crippen LogP contribution in [0.3, 0.4) is 0 Å². The Bertz CT molecular complexity index is 406. The zero-order chi connectivity index (χ0) is 12.4. The summed E-state index contributed by atoms with van der Waals surface area (Å²) >= 11 is 0. The number of nitrogens with two attached hydrogens (primary N) is 1. The Hall–Kier alpha value is -1.49. The molecule has 1 aliphatic heterocycles. The van der Waals surface area contributed by atoms with Gasteiger partial charge in [-0.25, -0.2) is 4.79 Å². The number of hydrogen-bond acceptors (Lipinski definition) is 4. The van der Waals surface area contributed by atoms with Crippen LogP contribution in [0.5, 0.6) is 0 Å². The first-order valence-electron chi connectivity index (χ1n) is 5.87. The Morgan fingerprint density at radius 3 is 2.59 bits per heavy atom. The molecule has 0 aliphatic carbocycles. The van der Waals surface area contributed by atoms with Gasteiger partial charge in [0.15, 0.2) is 0 Å². The Balaban J connectivity index is 1.95. The summed E-state index contributed by atoms with van der Waals surface area (Å²) in [5, 5.41) is 0. The summed E-state index contributed by atoms with van der Waals surface area (Å²) in [5.74, 6) is -0.279. The minimum atomic E-state index is -0.279. The highest BCUT2D eigenvalue weighted by Crippen LogP contribution is 2.16. The number of aromatic nitrogens is 1. The number of piperidine rings is 1. The average Bonchev–Trinajstić information content (AvgIpc) is 2.61. The summed E-state index contributed by atoms with van der Waals surface area (Å²) in [4.78, 5) is 14.2. The maximum Gasteiger partial charge on any atom is 0.355 e. The highest BCUT2D eigenvalue weighted by molar-refractivity contribution is 5.89. The van der Waals surface area contributed by atoms with Gasteiger partial charge in [0, 0.05) is 26.3 Å². The summed E-state index contributed by atoms with van der Waals surface area (Å²) < 4.78 is 7.18. The van der Waals surface area contributed by atoms with Gasteiger partial charge in [0.2, 0.25) is 0 Å². The molecular formula is C12H19N3O2. The first-order valence-corrected chi connectivity index (χ1v) is 5.87. The molecule has 17 heavy (non-hydrogen) atoms. The third kappa shape index (κ3) is 2.79. The number of ether oxygens (including phenoxy) is 1. The van der Waals surface area contributed by atoms with Crippen molar-refractivity contribution in [3.05, 3.63) is 18.0 Å². The van der Waals surface area contributed by atoms with Gasteiger partial charge in [-0.3, -0.25) is 0 Å². The Kier molecular flexibility index (Phi) is 3.38. The lowest BCUT2D eigenvalue weighted by Gasteiger charge is -2.28. The van der Waals surface area contributed by atoms with Crippen molar-refractivity contribution in [1.82, 2.24) is 9.47 Å². The molecule has 1 aliphatic rings. The van der Waals surface area contributed by atoms with Gasteiger partial charge >= 0.3 is 5.97 Å². The van der Waals surface area contributed by atoms with Crippen LogP contribution < -0.4 is 5.73 Å². The fourth-order valence-electron chi connectivity index (χ4n) is 2.11. The van der Waals surface area contributed by atoms with Gasteiger partial charge in [-0.05, 0) is 26.0 Å². The number of carbonyl (C=O) groups is 1. The smallest absolute Gasteiger partial charge is 0.355 e. The molecule has 5 heteroatoms. The number of nitrogens with zero attached hydrogens (tertiary/aromatic N) is 2. The molecule has 0 aromatic carbocycles. The zero-order valence-corrected chi connectivity index (χ0v) is 10.3. The molecule has 1 aromatic rings. The van der Waals surface area contributed by atoms with Crippen molar-refractivity contribution < 1.29 is 9.53 Å². The molecule has 0 saturated carbocycles.